The van der Waals surface area contributed by atoms with Crippen molar-refractivity contribution in [2.75, 3.05) is 26.2 Å². The van der Waals surface area contributed by atoms with Crippen molar-refractivity contribution >= 4 is 0 Å². The predicted octanol–water partition coefficient (Wildman–Crippen LogP) is 5.73. The molecule has 0 radical (unpaired) electrons. The van der Waals surface area contributed by atoms with Crippen molar-refractivity contribution in [3.8, 4) is 11.5 Å². The van der Waals surface area contributed by atoms with Gasteiger partial charge in [0.25, 0.3) is 0 Å². The highest BCUT2D eigenvalue weighted by Gasteiger charge is 2.32. The molecule has 3 aromatic carbocycles. The van der Waals surface area contributed by atoms with E-state index in [0.29, 0.717) is 11.7 Å². The molecule has 1 aliphatic carbocycles. The third-order valence-corrected chi connectivity index (χ3v) is 6.93. The minimum absolute atomic E-state index is 0.283. The van der Waals surface area contributed by atoms with Crippen LogP contribution in [0.4, 0.5) is 0 Å². The number of hydrogen-bond acceptors (Lipinski definition) is 3. The lowest BCUT2D eigenvalue weighted by Gasteiger charge is -2.35. The molecule has 2 aliphatic rings. The molecule has 1 saturated heterocycles. The van der Waals surface area contributed by atoms with Crippen LogP contribution in [0, 0.1) is 0 Å². The van der Waals surface area contributed by atoms with Crippen molar-refractivity contribution < 1.29 is 9.84 Å². The van der Waals surface area contributed by atoms with Gasteiger partial charge in [-0.3, -0.25) is 4.90 Å². The van der Waals surface area contributed by atoms with Gasteiger partial charge in [0.15, 0.2) is 0 Å². The van der Waals surface area contributed by atoms with E-state index in [1.54, 1.807) is 0 Å². The Hall–Kier alpha value is -2.78. The number of hydrogen-bond donors (Lipinski definition) is 1. The molecule has 3 heteroatoms. The molecule has 1 N–H and O–H groups in total. The quantitative estimate of drug-likeness (QED) is 0.560. The van der Waals surface area contributed by atoms with E-state index in [4.69, 9.17) is 4.74 Å². The van der Waals surface area contributed by atoms with E-state index in [9.17, 15) is 5.11 Å². The van der Waals surface area contributed by atoms with Crippen LogP contribution in [0.3, 0.4) is 0 Å². The van der Waals surface area contributed by atoms with Crippen LogP contribution in [0.15, 0.2) is 72.8 Å². The summed E-state index contributed by atoms with van der Waals surface area (Å²) in [6.45, 7) is 4.18. The van der Waals surface area contributed by atoms with Gasteiger partial charge in [-0.15, -0.1) is 0 Å². The minimum atomic E-state index is 0.283. The average molecular weight is 414 g/mol. The van der Waals surface area contributed by atoms with E-state index in [1.807, 2.05) is 12.1 Å². The summed E-state index contributed by atoms with van der Waals surface area (Å²) in [5.74, 6) is 2.02. The van der Waals surface area contributed by atoms with Gasteiger partial charge in [-0.25, -0.2) is 0 Å². The summed E-state index contributed by atoms with van der Waals surface area (Å²) in [7, 11) is 0. The van der Waals surface area contributed by atoms with E-state index in [0.717, 1.165) is 31.7 Å². The summed E-state index contributed by atoms with van der Waals surface area (Å²) < 4.78 is 6.03. The molecule has 0 bridgehead atoms. The van der Waals surface area contributed by atoms with Crippen molar-refractivity contribution in [1.82, 2.24) is 4.90 Å². The first-order chi connectivity index (χ1) is 15.3. The largest absolute Gasteiger partial charge is 0.508 e. The second-order valence-electron chi connectivity index (χ2n) is 8.88. The Kier molecular flexibility index (Phi) is 5.95. The van der Waals surface area contributed by atoms with Gasteiger partial charge >= 0.3 is 0 Å². The number of likely N-dealkylation sites (tertiary alicyclic amines) is 1. The second-order valence-corrected chi connectivity index (χ2v) is 8.88. The maximum atomic E-state index is 10.0. The lowest BCUT2D eigenvalue weighted by molar-refractivity contribution is 0.237. The summed E-state index contributed by atoms with van der Waals surface area (Å²) in [5.41, 5.74) is 5.30. The van der Waals surface area contributed by atoms with E-state index in [1.165, 1.54) is 48.2 Å². The molecular weight excluding hydrogens is 382 g/mol. The Bertz CT molecular complexity index is 993. The van der Waals surface area contributed by atoms with Gasteiger partial charge in [0.1, 0.15) is 18.1 Å². The molecule has 5 rings (SSSR count). The third-order valence-electron chi connectivity index (χ3n) is 6.93. The van der Waals surface area contributed by atoms with Gasteiger partial charge < -0.3 is 9.84 Å². The molecule has 1 fully saturated rings. The van der Waals surface area contributed by atoms with Crippen LogP contribution in [-0.4, -0.2) is 36.2 Å². The van der Waals surface area contributed by atoms with Crippen molar-refractivity contribution in [2.45, 2.75) is 37.5 Å². The van der Waals surface area contributed by atoms with Crippen LogP contribution in [-0.2, 0) is 6.42 Å². The van der Waals surface area contributed by atoms with Gasteiger partial charge in [0.2, 0.25) is 0 Å². The zero-order valence-corrected chi connectivity index (χ0v) is 18.0. The number of aryl methyl sites for hydroxylation is 1. The molecule has 1 heterocycles. The van der Waals surface area contributed by atoms with Crippen LogP contribution >= 0.6 is 0 Å². The topological polar surface area (TPSA) is 32.7 Å². The van der Waals surface area contributed by atoms with E-state index in [-0.39, 0.29) is 5.92 Å². The maximum Gasteiger partial charge on any atom is 0.119 e. The van der Waals surface area contributed by atoms with Crippen LogP contribution in [0.1, 0.15) is 53.4 Å². The van der Waals surface area contributed by atoms with Crippen molar-refractivity contribution in [1.29, 1.82) is 0 Å². The first kappa shape index (κ1) is 20.1. The van der Waals surface area contributed by atoms with Crippen LogP contribution in [0.2, 0.25) is 0 Å². The molecule has 3 nitrogen and oxygen atoms in total. The molecule has 0 aromatic heterocycles. The van der Waals surface area contributed by atoms with Gasteiger partial charge in [-0.2, -0.15) is 0 Å². The number of nitrogens with zero attached hydrogens (tertiary/aromatic N) is 1. The SMILES string of the molecule is Oc1ccc2c(c1)CC[C@@H](c1ccccc1)[C@@H]2c1ccc(OCCN2CCCC2)cc1. The summed E-state index contributed by atoms with van der Waals surface area (Å²) in [4.78, 5) is 2.48. The van der Waals surface area contributed by atoms with E-state index < -0.39 is 0 Å². The molecule has 160 valence electrons. The van der Waals surface area contributed by atoms with Crippen molar-refractivity contribution in [2.24, 2.45) is 0 Å². The first-order valence-electron chi connectivity index (χ1n) is 11.6. The Balaban J connectivity index is 1.38. The number of fused-ring (bicyclic) bond motifs is 1. The zero-order valence-electron chi connectivity index (χ0n) is 18.0. The third kappa shape index (κ3) is 4.47. The van der Waals surface area contributed by atoms with Gasteiger partial charge in [-0.1, -0.05) is 48.5 Å². The van der Waals surface area contributed by atoms with Crippen molar-refractivity contribution in [3.05, 3.63) is 95.1 Å². The fraction of sp³-hybridized carbons (Fsp3) is 0.357. The van der Waals surface area contributed by atoms with Gasteiger partial charge in [0, 0.05) is 12.5 Å². The van der Waals surface area contributed by atoms with Crippen LogP contribution in [0.5, 0.6) is 11.5 Å². The zero-order chi connectivity index (χ0) is 21.0. The second kappa shape index (κ2) is 9.15. The summed E-state index contributed by atoms with van der Waals surface area (Å²) in [6, 6.07) is 25.4. The van der Waals surface area contributed by atoms with E-state index >= 15 is 0 Å². The minimum Gasteiger partial charge on any atom is -0.508 e. The molecular formula is C28H31NO2. The number of phenols is 1. The van der Waals surface area contributed by atoms with Crippen LogP contribution < -0.4 is 4.74 Å². The Labute approximate surface area is 185 Å². The fourth-order valence-corrected chi connectivity index (χ4v) is 5.35. The average Bonchev–Trinajstić information content (AvgIpc) is 3.33. The number of aromatic hydroxyl groups is 1. The Morgan fingerprint density at radius 3 is 2.42 bits per heavy atom. The number of rotatable bonds is 6. The molecule has 3 aromatic rings. The number of benzene rings is 3. The lowest BCUT2D eigenvalue weighted by atomic mass is 9.69. The molecule has 1 aliphatic heterocycles. The standard InChI is InChI=1S/C28H31NO2/c30-24-11-15-27-23(20-24)10-14-26(21-6-2-1-3-7-21)28(27)22-8-12-25(13-9-22)31-19-18-29-16-4-5-17-29/h1-3,6-9,11-13,15,20,26,28,30H,4-5,10,14,16-19H2/t26-,28-/m0/s1. The number of phenolic OH excluding ortho intramolecular Hbond substituents is 1. The Morgan fingerprint density at radius 2 is 1.65 bits per heavy atom. The van der Waals surface area contributed by atoms with Crippen LogP contribution in [0.25, 0.3) is 0 Å². The molecule has 0 spiro atoms. The smallest absolute Gasteiger partial charge is 0.119 e. The van der Waals surface area contributed by atoms with Gasteiger partial charge in [-0.05, 0) is 91.2 Å². The maximum absolute atomic E-state index is 10.0. The van der Waals surface area contributed by atoms with Crippen molar-refractivity contribution in [3.63, 3.8) is 0 Å². The first-order valence-corrected chi connectivity index (χ1v) is 11.6. The monoisotopic (exact) mass is 413 g/mol. The molecule has 0 amide bonds. The molecule has 2 atom stereocenters. The van der Waals surface area contributed by atoms with Gasteiger partial charge in [0.05, 0.1) is 0 Å². The Morgan fingerprint density at radius 1 is 0.871 bits per heavy atom. The highest BCUT2D eigenvalue weighted by molar-refractivity contribution is 5.48. The molecule has 0 unspecified atom stereocenters. The lowest BCUT2D eigenvalue weighted by Crippen LogP contribution is -2.25. The number of ether oxygens (including phenoxy) is 1. The summed E-state index contributed by atoms with van der Waals surface area (Å²) in [6.07, 6.45) is 4.71. The predicted molar refractivity (Wildman–Crippen MR) is 125 cm³/mol. The van der Waals surface area contributed by atoms with E-state index in [2.05, 4.69) is 65.6 Å². The highest BCUT2D eigenvalue weighted by atomic mass is 16.5. The summed E-state index contributed by atoms with van der Waals surface area (Å²) >= 11 is 0. The fourth-order valence-electron chi connectivity index (χ4n) is 5.35. The normalized spacial score (nSPS) is 21.0. The molecule has 0 saturated carbocycles. The summed E-state index contributed by atoms with van der Waals surface area (Å²) in [5, 5.41) is 10.0. The highest BCUT2D eigenvalue weighted by Crippen LogP contribution is 2.47. The molecule has 31 heavy (non-hydrogen) atoms.